The van der Waals surface area contributed by atoms with E-state index in [0.717, 1.165) is 12.1 Å². The van der Waals surface area contributed by atoms with Crippen LogP contribution in [0, 0.1) is 0 Å². The van der Waals surface area contributed by atoms with Crippen molar-refractivity contribution in [3.8, 4) is 0 Å². The molecule has 0 bridgehead atoms. The molecule has 1 N–H and O–H groups in total. The summed E-state index contributed by atoms with van der Waals surface area (Å²) in [4.78, 5) is 27.6. The van der Waals surface area contributed by atoms with Crippen LogP contribution in [0.4, 0.5) is 11.4 Å². The van der Waals surface area contributed by atoms with Gasteiger partial charge >= 0.3 is 0 Å². The molecule has 1 aromatic heterocycles. The van der Waals surface area contributed by atoms with E-state index < -0.39 is 0 Å². The number of carbonyl (C=O) groups is 2. The molecule has 4 rings (SSSR count). The van der Waals surface area contributed by atoms with Crippen LogP contribution in [0.3, 0.4) is 0 Å². The molecule has 0 saturated heterocycles. The minimum absolute atomic E-state index is 0.0989. The van der Waals surface area contributed by atoms with Crippen LogP contribution in [0.15, 0.2) is 60.0 Å². The highest BCUT2D eigenvalue weighted by molar-refractivity contribution is 7.12. The maximum Gasteiger partial charge on any atom is 0.265 e. The van der Waals surface area contributed by atoms with Crippen molar-refractivity contribution in [2.24, 2.45) is 0 Å². The van der Waals surface area contributed by atoms with E-state index in [1.165, 1.54) is 16.9 Å². The molecule has 2 aromatic carbocycles. The van der Waals surface area contributed by atoms with E-state index in [4.69, 9.17) is 11.6 Å². The summed E-state index contributed by atoms with van der Waals surface area (Å²) in [6, 6.07) is 16.4. The summed E-state index contributed by atoms with van der Waals surface area (Å²) in [6.07, 6.45) is 0.845. The Morgan fingerprint density at radius 3 is 2.73 bits per heavy atom. The average molecular weight is 383 g/mol. The van der Waals surface area contributed by atoms with Crippen LogP contribution < -0.4 is 10.2 Å². The monoisotopic (exact) mass is 382 g/mol. The van der Waals surface area contributed by atoms with Crippen molar-refractivity contribution < 1.29 is 9.59 Å². The first-order valence-electron chi connectivity index (χ1n) is 8.17. The maximum atomic E-state index is 13.0. The predicted octanol–water partition coefficient (Wildman–Crippen LogP) is 4.86. The van der Waals surface area contributed by atoms with Crippen LogP contribution in [0.1, 0.15) is 25.6 Å². The average Bonchev–Trinajstić information content (AvgIpc) is 3.33. The Balaban J connectivity index is 1.60. The van der Waals surface area contributed by atoms with E-state index in [9.17, 15) is 9.59 Å². The number of amides is 2. The van der Waals surface area contributed by atoms with Gasteiger partial charge in [0.05, 0.1) is 15.6 Å². The fraction of sp³-hybridized carbons (Fsp3) is 0.100. The second-order valence-electron chi connectivity index (χ2n) is 5.96. The van der Waals surface area contributed by atoms with Gasteiger partial charge < -0.3 is 10.2 Å². The second-order valence-corrected chi connectivity index (χ2v) is 7.32. The van der Waals surface area contributed by atoms with Crippen molar-refractivity contribution in [2.45, 2.75) is 6.42 Å². The van der Waals surface area contributed by atoms with Crippen molar-refractivity contribution in [3.63, 3.8) is 0 Å². The Hall–Kier alpha value is -2.63. The molecular formula is C20H15ClN2O2S. The minimum Gasteiger partial charge on any atom is -0.320 e. The molecule has 2 heterocycles. The van der Waals surface area contributed by atoms with E-state index in [1.54, 1.807) is 29.2 Å². The number of rotatable bonds is 3. The summed E-state index contributed by atoms with van der Waals surface area (Å²) in [7, 11) is 0. The smallest absolute Gasteiger partial charge is 0.265 e. The van der Waals surface area contributed by atoms with Crippen LogP contribution in [0.25, 0.3) is 0 Å². The summed E-state index contributed by atoms with van der Waals surface area (Å²) >= 11 is 7.56. The third-order valence-corrected chi connectivity index (χ3v) is 5.54. The predicted molar refractivity (Wildman–Crippen MR) is 106 cm³/mol. The quantitative estimate of drug-likeness (QED) is 0.703. The lowest BCUT2D eigenvalue weighted by Crippen LogP contribution is -2.29. The number of thiophene rings is 1. The van der Waals surface area contributed by atoms with Crippen molar-refractivity contribution in [3.05, 3.63) is 81.0 Å². The first-order valence-corrected chi connectivity index (χ1v) is 9.43. The van der Waals surface area contributed by atoms with Crippen LogP contribution in [0.5, 0.6) is 0 Å². The van der Waals surface area contributed by atoms with Crippen LogP contribution in [0.2, 0.25) is 5.02 Å². The molecule has 0 spiro atoms. The van der Waals surface area contributed by atoms with Crippen molar-refractivity contribution >= 4 is 46.1 Å². The molecule has 0 fully saturated rings. The number of carbonyl (C=O) groups excluding carboxylic acids is 2. The lowest BCUT2D eigenvalue weighted by atomic mass is 10.1. The summed E-state index contributed by atoms with van der Waals surface area (Å²) in [5.74, 6) is -0.337. The van der Waals surface area contributed by atoms with Gasteiger partial charge in [0.25, 0.3) is 11.8 Å². The van der Waals surface area contributed by atoms with E-state index in [-0.39, 0.29) is 11.8 Å². The molecule has 26 heavy (non-hydrogen) atoms. The zero-order valence-electron chi connectivity index (χ0n) is 13.7. The zero-order chi connectivity index (χ0) is 18.1. The molecule has 0 radical (unpaired) electrons. The number of hydrogen-bond donors (Lipinski definition) is 1. The van der Waals surface area contributed by atoms with Gasteiger partial charge in [-0.25, -0.2) is 0 Å². The van der Waals surface area contributed by atoms with Crippen molar-refractivity contribution in [2.75, 3.05) is 16.8 Å². The van der Waals surface area contributed by atoms with Gasteiger partial charge in [0.2, 0.25) is 0 Å². The Morgan fingerprint density at radius 1 is 1.08 bits per heavy atom. The molecule has 6 heteroatoms. The Bertz CT molecular complexity index is 985. The summed E-state index contributed by atoms with van der Waals surface area (Å²) in [5.41, 5.74) is 3.04. The first kappa shape index (κ1) is 16.8. The Morgan fingerprint density at radius 2 is 1.92 bits per heavy atom. The minimum atomic E-state index is -0.238. The largest absolute Gasteiger partial charge is 0.320 e. The van der Waals surface area contributed by atoms with E-state index in [0.29, 0.717) is 27.7 Å². The zero-order valence-corrected chi connectivity index (χ0v) is 15.3. The van der Waals surface area contributed by atoms with Gasteiger partial charge in [0.1, 0.15) is 0 Å². The number of hydrogen-bond acceptors (Lipinski definition) is 3. The molecule has 1 aliphatic rings. The molecule has 0 atom stereocenters. The number of halogens is 1. The summed E-state index contributed by atoms with van der Waals surface area (Å²) in [6.45, 7) is 0.650. The van der Waals surface area contributed by atoms with Crippen LogP contribution >= 0.6 is 22.9 Å². The third kappa shape index (κ3) is 3.11. The number of anilines is 2. The topological polar surface area (TPSA) is 49.4 Å². The Labute approximate surface area is 160 Å². The highest BCUT2D eigenvalue weighted by Gasteiger charge is 2.25. The number of para-hydroxylation sites is 1. The van der Waals surface area contributed by atoms with E-state index in [1.807, 2.05) is 35.7 Å². The molecule has 1 aliphatic heterocycles. The molecule has 0 saturated carbocycles. The first-order chi connectivity index (χ1) is 12.6. The number of nitrogens with zero attached hydrogens (tertiary/aromatic N) is 1. The Kier molecular flexibility index (Phi) is 4.49. The second kappa shape index (κ2) is 6.94. The van der Waals surface area contributed by atoms with Gasteiger partial charge in [-0.05, 0) is 47.7 Å². The summed E-state index contributed by atoms with van der Waals surface area (Å²) in [5, 5.41) is 5.02. The van der Waals surface area contributed by atoms with E-state index >= 15 is 0 Å². The third-order valence-electron chi connectivity index (χ3n) is 4.34. The normalized spacial score (nSPS) is 12.7. The number of fused-ring (bicyclic) bond motifs is 1. The van der Waals surface area contributed by atoms with E-state index in [2.05, 4.69) is 5.32 Å². The number of nitrogens with one attached hydrogen (secondary N) is 1. The standard InChI is InChI=1S/C20H15ClN2O2S/c21-15-8-7-14(12-16(15)22-19(24)18-6-3-11-26-18)20(25)23-10-9-13-4-1-2-5-17(13)23/h1-8,11-12H,9-10H2,(H,22,24). The lowest BCUT2D eigenvalue weighted by molar-refractivity contribution is 0.0987. The van der Waals surface area contributed by atoms with Crippen LogP contribution in [-0.2, 0) is 6.42 Å². The molecule has 0 aliphatic carbocycles. The van der Waals surface area contributed by atoms with Crippen molar-refractivity contribution in [1.29, 1.82) is 0 Å². The number of benzene rings is 2. The molecule has 4 nitrogen and oxygen atoms in total. The van der Waals surface area contributed by atoms with Crippen LogP contribution in [-0.4, -0.2) is 18.4 Å². The molecule has 130 valence electrons. The van der Waals surface area contributed by atoms with Gasteiger partial charge in [-0.1, -0.05) is 35.9 Å². The highest BCUT2D eigenvalue weighted by atomic mass is 35.5. The lowest BCUT2D eigenvalue weighted by Gasteiger charge is -2.18. The highest BCUT2D eigenvalue weighted by Crippen LogP contribution is 2.30. The molecular weight excluding hydrogens is 368 g/mol. The van der Waals surface area contributed by atoms with Gasteiger partial charge in [-0.3, -0.25) is 9.59 Å². The fourth-order valence-corrected chi connectivity index (χ4v) is 3.83. The SMILES string of the molecule is O=C(Nc1cc(C(=O)N2CCc3ccccc32)ccc1Cl)c1cccs1. The molecule has 0 unspecified atom stereocenters. The fourth-order valence-electron chi connectivity index (χ4n) is 3.05. The maximum absolute atomic E-state index is 13.0. The van der Waals surface area contributed by atoms with Gasteiger partial charge in [0.15, 0.2) is 0 Å². The van der Waals surface area contributed by atoms with Crippen molar-refractivity contribution in [1.82, 2.24) is 0 Å². The molecule has 2 amide bonds. The summed E-state index contributed by atoms with van der Waals surface area (Å²) < 4.78 is 0. The van der Waals surface area contributed by atoms with Gasteiger partial charge in [-0.15, -0.1) is 11.3 Å². The van der Waals surface area contributed by atoms with Gasteiger partial charge in [0, 0.05) is 17.8 Å². The molecule has 3 aromatic rings. The van der Waals surface area contributed by atoms with Gasteiger partial charge in [-0.2, -0.15) is 0 Å².